The Kier molecular flexibility index (Phi) is 9.29. The summed E-state index contributed by atoms with van der Waals surface area (Å²) in [6.45, 7) is 26.4. The second-order valence-electron chi connectivity index (χ2n) is 10.0. The van der Waals surface area contributed by atoms with Gasteiger partial charge in [0.1, 0.15) is 0 Å². The zero-order chi connectivity index (χ0) is 16.1. The summed E-state index contributed by atoms with van der Waals surface area (Å²) < 4.78 is 16.8. The summed E-state index contributed by atoms with van der Waals surface area (Å²) in [5.74, 6) is 0. The van der Waals surface area contributed by atoms with Crippen molar-refractivity contribution in [2.24, 2.45) is 0 Å². The summed E-state index contributed by atoms with van der Waals surface area (Å²) in [5, 5.41) is 0. The zero-order valence-corrected chi connectivity index (χ0v) is 25.5. The maximum absolute atomic E-state index is 16.8. The first-order chi connectivity index (χ1) is 7.87. The van der Waals surface area contributed by atoms with Crippen LogP contribution >= 0.6 is 0 Å². The van der Waals surface area contributed by atoms with Gasteiger partial charge in [0.2, 0.25) is 0 Å². The van der Waals surface area contributed by atoms with Gasteiger partial charge in [0.15, 0.2) is 0 Å². The average Bonchev–Trinajstić information content (AvgIpc) is 1.92. The van der Waals surface area contributed by atoms with E-state index in [0.717, 1.165) is 0 Å². The van der Waals surface area contributed by atoms with Gasteiger partial charge in [-0.05, 0) is 0 Å². The van der Waals surface area contributed by atoms with Crippen LogP contribution in [-0.2, 0) is 0 Å². The smallest absolute Gasteiger partial charge is 0.360 e. The first-order valence-corrected chi connectivity index (χ1v) is 29.8. The fourth-order valence-corrected chi connectivity index (χ4v) is 190. The molecule has 0 aromatic heterocycles. The molecular weight excluding hydrogens is 371 g/mol. The minimum absolute atomic E-state index is 0. The van der Waals surface area contributed by atoms with Crippen LogP contribution in [0.1, 0.15) is 0 Å². The van der Waals surface area contributed by atoms with Crippen LogP contribution in [0.3, 0.4) is 0 Å². The summed E-state index contributed by atoms with van der Waals surface area (Å²) >= 11 is 0. The van der Waals surface area contributed by atoms with Gasteiger partial charge in [-0.15, -0.1) is 15.2 Å². The van der Waals surface area contributed by atoms with E-state index in [0.29, 0.717) is 0 Å². The van der Waals surface area contributed by atoms with E-state index < -0.39 is 44.7 Å². The quantitative estimate of drug-likeness (QED) is 0.484. The molecule has 0 aliphatic heterocycles. The van der Waals surface area contributed by atoms with Crippen LogP contribution in [0, 0.1) is 0 Å². The second kappa shape index (κ2) is 7.40. The number of halogens is 1. The molecule has 0 aliphatic rings. The zero-order valence-electron chi connectivity index (χ0n) is 16.4. The van der Waals surface area contributed by atoms with Crippen molar-refractivity contribution in [3.63, 3.8) is 0 Å². The van der Waals surface area contributed by atoms with Crippen molar-refractivity contribution in [1.29, 1.82) is 0 Å². The summed E-state index contributed by atoms with van der Waals surface area (Å²) in [4.78, 5) is 0. The normalized spacial score (nSPS) is 15.3. The van der Waals surface area contributed by atoms with Gasteiger partial charge in [-0.2, -0.15) is 0 Å². The van der Waals surface area contributed by atoms with E-state index in [1.807, 2.05) is 0 Å². The molecule has 0 N–H and O–H groups in total. The van der Waals surface area contributed by atoms with Crippen molar-refractivity contribution < 1.29 is 55.5 Å². The van der Waals surface area contributed by atoms with E-state index in [1.165, 1.54) is 0 Å². The average molecular weight is 407 g/mol. The Morgan fingerprint density at radius 3 is 0.800 bits per heavy atom. The van der Waals surface area contributed by atoms with Crippen LogP contribution in [0.2, 0.25) is 78.6 Å². The fourth-order valence-electron chi connectivity index (χ4n) is 4.03. The Labute approximate surface area is 176 Å². The van der Waals surface area contributed by atoms with Gasteiger partial charge in [-0.25, -0.2) is 7.35 Å². The van der Waals surface area contributed by atoms with Crippen LogP contribution in [0.5, 0.6) is 0 Å². The molecule has 0 radical (unpaired) electrons. The maximum atomic E-state index is 16.8. The SMILES string of the molecule is C[Si](C)(C)[Si-]([Si](C)(C)C)[Si](F)([Si](C)(C)C)[Si](C)(C)C.[K+]. The molecule has 8 heteroatoms. The van der Waals surface area contributed by atoms with Gasteiger partial charge >= 0.3 is 51.4 Å². The first kappa shape index (κ1) is 25.1. The molecule has 0 aromatic carbocycles. The Morgan fingerprint density at radius 2 is 0.750 bits per heavy atom. The maximum Gasteiger partial charge on any atom is 1.00 e. The third-order valence-electron chi connectivity index (χ3n) is 3.91. The van der Waals surface area contributed by atoms with E-state index in [1.54, 1.807) is 0 Å². The van der Waals surface area contributed by atoms with Crippen molar-refractivity contribution in [2.45, 2.75) is 78.6 Å². The Morgan fingerprint density at radius 1 is 0.550 bits per heavy atom. The molecule has 0 saturated heterocycles. The Balaban J connectivity index is 0. The molecule has 20 heavy (non-hydrogen) atoms. The number of hydrogen-bond donors (Lipinski definition) is 0. The molecule has 0 heterocycles. The molecule has 0 bridgehead atoms. The summed E-state index contributed by atoms with van der Waals surface area (Å²) in [6.07, 6.45) is 0. The molecule has 0 spiro atoms. The summed E-state index contributed by atoms with van der Waals surface area (Å²) in [6, 6.07) is 0. The molecule has 116 valence electrons. The third kappa shape index (κ3) is 5.45. The van der Waals surface area contributed by atoms with Crippen molar-refractivity contribution in [1.82, 2.24) is 0 Å². The van der Waals surface area contributed by atoms with E-state index in [9.17, 15) is 0 Å². The van der Waals surface area contributed by atoms with E-state index in [2.05, 4.69) is 78.6 Å². The van der Waals surface area contributed by atoms with E-state index in [-0.39, 0.29) is 51.4 Å². The van der Waals surface area contributed by atoms with Gasteiger partial charge < -0.3 is 4.11 Å². The van der Waals surface area contributed by atoms with E-state index in [4.69, 9.17) is 0 Å². The largest absolute Gasteiger partial charge is 1.00 e. The van der Waals surface area contributed by atoms with Gasteiger partial charge in [0.05, 0.1) is 6.96 Å². The molecule has 0 amide bonds. The number of hydrogen-bond acceptors (Lipinski definition) is 0. The molecule has 0 saturated carbocycles. The molecule has 0 rings (SSSR count). The predicted molar refractivity (Wildman–Crippen MR) is 106 cm³/mol. The molecule has 0 unspecified atom stereocenters. The van der Waals surface area contributed by atoms with Crippen LogP contribution in [0.25, 0.3) is 0 Å². The Hall–Kier alpha value is 2.87. The van der Waals surface area contributed by atoms with Gasteiger partial charge in [-0.3, -0.25) is 0 Å². The standard InChI is InChI=1S/C12H36FSi6.K/c1-15(2,3)14(16(4,5)6)19(13,17(7,8)9)18(10,11)12;/h1-12H3;/q-1;+1. The minimum atomic E-state index is -2.55. The van der Waals surface area contributed by atoms with Crippen molar-refractivity contribution in [2.75, 3.05) is 0 Å². The monoisotopic (exact) mass is 406 g/mol. The van der Waals surface area contributed by atoms with E-state index >= 15 is 4.11 Å². The van der Waals surface area contributed by atoms with Crippen molar-refractivity contribution in [3.05, 3.63) is 0 Å². The van der Waals surface area contributed by atoms with Crippen molar-refractivity contribution >= 4 is 44.7 Å². The Bertz CT molecular complexity index is 293. The van der Waals surface area contributed by atoms with Gasteiger partial charge in [-0.1, -0.05) is 78.6 Å². The molecule has 0 aliphatic carbocycles. The van der Waals surface area contributed by atoms with Gasteiger partial charge in [0, 0.05) is 15.2 Å². The first-order valence-electron chi connectivity index (χ1n) is 7.44. The molecule has 0 aromatic rings. The second-order valence-corrected chi connectivity index (χ2v) is 67.8. The van der Waals surface area contributed by atoms with Crippen LogP contribution in [0.15, 0.2) is 0 Å². The summed E-state index contributed by atoms with van der Waals surface area (Å²) in [5.41, 5.74) is 0. The third-order valence-corrected chi connectivity index (χ3v) is 109. The van der Waals surface area contributed by atoms with Crippen molar-refractivity contribution in [3.8, 4) is 0 Å². The number of rotatable bonds is 5. The topological polar surface area (TPSA) is 0 Å². The predicted octanol–water partition coefficient (Wildman–Crippen LogP) is 2.15. The molecule has 0 fully saturated rings. The molecule has 0 nitrogen and oxygen atoms in total. The van der Waals surface area contributed by atoms with Crippen LogP contribution < -0.4 is 51.4 Å². The minimum Gasteiger partial charge on any atom is -0.360 e. The summed E-state index contributed by atoms with van der Waals surface area (Å²) in [7, 11) is -6.83. The molecule has 0 atom stereocenters. The van der Waals surface area contributed by atoms with Crippen LogP contribution in [0.4, 0.5) is 4.11 Å². The van der Waals surface area contributed by atoms with Crippen LogP contribution in [-0.4, -0.2) is 44.7 Å². The molecular formula is C12H36FKSi6. The van der Waals surface area contributed by atoms with Gasteiger partial charge in [0.25, 0.3) is 0 Å². The fraction of sp³-hybridized carbons (Fsp3) is 1.00.